The smallest absolute Gasteiger partial charge is 0.224 e. The van der Waals surface area contributed by atoms with Crippen LogP contribution in [0, 0.1) is 0 Å². The van der Waals surface area contributed by atoms with Gasteiger partial charge in [0, 0.05) is 18.3 Å². The van der Waals surface area contributed by atoms with Gasteiger partial charge in [-0.15, -0.1) is 0 Å². The van der Waals surface area contributed by atoms with Crippen LogP contribution in [-0.4, -0.2) is 37.5 Å². The molecule has 0 bridgehead atoms. The van der Waals surface area contributed by atoms with Crippen LogP contribution in [0.3, 0.4) is 0 Å². The van der Waals surface area contributed by atoms with Crippen molar-refractivity contribution in [2.24, 2.45) is 0 Å². The summed E-state index contributed by atoms with van der Waals surface area (Å²) in [6, 6.07) is 10.5. The van der Waals surface area contributed by atoms with E-state index in [2.05, 4.69) is 34.0 Å². The van der Waals surface area contributed by atoms with E-state index in [0.29, 0.717) is 5.95 Å². The Bertz CT molecular complexity index is 884. The van der Waals surface area contributed by atoms with Crippen LogP contribution in [0.15, 0.2) is 36.5 Å². The standard InChI is InChI=1S/C21H27N5O/c1-2-3-13-22-21-23-14-18-19(15-7-5-4-6-8-15)25-26(20(18)24-21)16-9-11-17(27)12-10-16/h4-8,14,16-17,27H,2-3,9-13H2,1H3,(H,22,23,24). The Kier molecular flexibility index (Phi) is 5.34. The van der Waals surface area contributed by atoms with Crippen molar-refractivity contribution in [3.8, 4) is 11.3 Å². The van der Waals surface area contributed by atoms with Crippen LogP contribution in [-0.2, 0) is 0 Å². The Morgan fingerprint density at radius 1 is 1.15 bits per heavy atom. The number of unbranched alkanes of at least 4 members (excludes halogenated alkanes) is 1. The zero-order valence-electron chi connectivity index (χ0n) is 15.8. The number of aromatic nitrogens is 4. The summed E-state index contributed by atoms with van der Waals surface area (Å²) in [5.74, 6) is 0.660. The van der Waals surface area contributed by atoms with Crippen molar-refractivity contribution in [2.45, 2.75) is 57.6 Å². The van der Waals surface area contributed by atoms with Crippen molar-refractivity contribution >= 4 is 17.0 Å². The number of rotatable bonds is 6. The fourth-order valence-electron chi connectivity index (χ4n) is 3.75. The lowest BCUT2D eigenvalue weighted by atomic mass is 9.93. The monoisotopic (exact) mass is 365 g/mol. The topological polar surface area (TPSA) is 75.9 Å². The first kappa shape index (κ1) is 17.9. The molecule has 2 N–H and O–H groups in total. The van der Waals surface area contributed by atoms with Crippen molar-refractivity contribution in [2.75, 3.05) is 11.9 Å². The van der Waals surface area contributed by atoms with Gasteiger partial charge in [-0.25, -0.2) is 9.67 Å². The molecule has 0 spiro atoms. The maximum atomic E-state index is 9.87. The van der Waals surface area contributed by atoms with Gasteiger partial charge < -0.3 is 10.4 Å². The Hall–Kier alpha value is -2.47. The van der Waals surface area contributed by atoms with Gasteiger partial charge in [-0.1, -0.05) is 43.7 Å². The summed E-state index contributed by atoms with van der Waals surface area (Å²) in [5.41, 5.74) is 2.88. The molecule has 142 valence electrons. The fourth-order valence-corrected chi connectivity index (χ4v) is 3.75. The van der Waals surface area contributed by atoms with Crippen molar-refractivity contribution in [1.29, 1.82) is 0 Å². The lowest BCUT2D eigenvalue weighted by Crippen LogP contribution is -2.22. The highest BCUT2D eigenvalue weighted by Gasteiger charge is 2.25. The minimum atomic E-state index is -0.183. The van der Waals surface area contributed by atoms with Crippen molar-refractivity contribution in [3.05, 3.63) is 36.5 Å². The van der Waals surface area contributed by atoms with Gasteiger partial charge in [0.25, 0.3) is 0 Å². The molecular formula is C21H27N5O. The van der Waals surface area contributed by atoms with Gasteiger partial charge in [0.1, 0.15) is 5.69 Å². The van der Waals surface area contributed by atoms with E-state index in [1.165, 1.54) is 0 Å². The summed E-state index contributed by atoms with van der Waals surface area (Å²) in [4.78, 5) is 9.32. The molecule has 0 atom stereocenters. The molecule has 1 aromatic carbocycles. The van der Waals surface area contributed by atoms with Gasteiger partial charge in [-0.3, -0.25) is 0 Å². The summed E-state index contributed by atoms with van der Waals surface area (Å²) in [5, 5.41) is 19.1. The zero-order valence-corrected chi connectivity index (χ0v) is 15.8. The minimum absolute atomic E-state index is 0.183. The van der Waals surface area contributed by atoms with Gasteiger partial charge in [0.2, 0.25) is 5.95 Å². The summed E-state index contributed by atoms with van der Waals surface area (Å²) in [7, 11) is 0. The van der Waals surface area contributed by atoms with Crippen LogP contribution in [0.1, 0.15) is 51.5 Å². The second kappa shape index (κ2) is 8.05. The van der Waals surface area contributed by atoms with E-state index in [9.17, 15) is 5.11 Å². The highest BCUT2D eigenvalue weighted by atomic mass is 16.3. The van der Waals surface area contributed by atoms with Gasteiger partial charge in [0.05, 0.1) is 17.5 Å². The molecule has 0 saturated heterocycles. The van der Waals surface area contributed by atoms with E-state index in [4.69, 9.17) is 10.1 Å². The Morgan fingerprint density at radius 3 is 2.67 bits per heavy atom. The van der Waals surface area contributed by atoms with Crippen molar-refractivity contribution < 1.29 is 5.11 Å². The first-order valence-electron chi connectivity index (χ1n) is 9.99. The van der Waals surface area contributed by atoms with E-state index in [1.54, 1.807) is 0 Å². The average molecular weight is 365 g/mol. The second-order valence-corrected chi connectivity index (χ2v) is 7.33. The number of benzene rings is 1. The quantitative estimate of drug-likeness (QED) is 0.641. The number of nitrogens with zero attached hydrogens (tertiary/aromatic N) is 4. The third kappa shape index (κ3) is 3.81. The molecule has 6 heteroatoms. The first-order chi connectivity index (χ1) is 13.3. The molecule has 1 aliphatic carbocycles. The predicted molar refractivity (Wildman–Crippen MR) is 108 cm³/mol. The van der Waals surface area contributed by atoms with E-state index >= 15 is 0 Å². The molecule has 6 nitrogen and oxygen atoms in total. The van der Waals surface area contributed by atoms with Gasteiger partial charge in [0.15, 0.2) is 5.65 Å². The number of nitrogens with one attached hydrogen (secondary N) is 1. The van der Waals surface area contributed by atoms with Gasteiger partial charge in [-0.2, -0.15) is 10.1 Å². The molecular weight excluding hydrogens is 338 g/mol. The molecule has 0 radical (unpaired) electrons. The number of aliphatic hydroxyl groups is 1. The van der Waals surface area contributed by atoms with Crippen LogP contribution >= 0.6 is 0 Å². The maximum Gasteiger partial charge on any atom is 0.224 e. The summed E-state index contributed by atoms with van der Waals surface area (Å²) >= 11 is 0. The fraction of sp³-hybridized carbons (Fsp3) is 0.476. The largest absolute Gasteiger partial charge is 0.393 e. The number of anilines is 1. The summed E-state index contributed by atoms with van der Waals surface area (Å²) in [6.07, 6.45) is 7.42. The number of aliphatic hydroxyl groups excluding tert-OH is 1. The number of hydrogen-bond acceptors (Lipinski definition) is 5. The Labute approximate surface area is 159 Å². The van der Waals surface area contributed by atoms with Crippen LogP contribution in [0.5, 0.6) is 0 Å². The highest BCUT2D eigenvalue weighted by molar-refractivity contribution is 5.91. The molecule has 2 aromatic heterocycles. The van der Waals surface area contributed by atoms with E-state index < -0.39 is 0 Å². The minimum Gasteiger partial charge on any atom is -0.393 e. The first-order valence-corrected chi connectivity index (χ1v) is 9.99. The van der Waals surface area contributed by atoms with E-state index in [-0.39, 0.29) is 12.1 Å². The molecule has 1 fully saturated rings. The Morgan fingerprint density at radius 2 is 1.93 bits per heavy atom. The van der Waals surface area contributed by atoms with Crippen molar-refractivity contribution in [1.82, 2.24) is 19.7 Å². The van der Waals surface area contributed by atoms with Crippen LogP contribution in [0.4, 0.5) is 5.95 Å². The summed E-state index contributed by atoms with van der Waals surface area (Å²) in [6.45, 7) is 3.04. The lowest BCUT2D eigenvalue weighted by Gasteiger charge is -2.25. The molecule has 1 aliphatic rings. The molecule has 1 saturated carbocycles. The van der Waals surface area contributed by atoms with Gasteiger partial charge in [-0.05, 0) is 32.1 Å². The second-order valence-electron chi connectivity index (χ2n) is 7.33. The lowest BCUT2D eigenvalue weighted by molar-refractivity contribution is 0.109. The van der Waals surface area contributed by atoms with E-state index in [1.807, 2.05) is 24.4 Å². The summed E-state index contributed by atoms with van der Waals surface area (Å²) < 4.78 is 2.07. The molecule has 0 amide bonds. The normalized spacial score (nSPS) is 20.1. The molecule has 3 aromatic rings. The Balaban J connectivity index is 1.75. The molecule has 27 heavy (non-hydrogen) atoms. The van der Waals surface area contributed by atoms with Crippen molar-refractivity contribution in [3.63, 3.8) is 0 Å². The van der Waals surface area contributed by atoms with Crippen LogP contribution in [0.2, 0.25) is 0 Å². The SMILES string of the molecule is CCCCNc1ncc2c(-c3ccccc3)nn(C3CCC(O)CC3)c2n1. The maximum absolute atomic E-state index is 9.87. The average Bonchev–Trinajstić information content (AvgIpc) is 3.08. The predicted octanol–water partition coefficient (Wildman–Crippen LogP) is 4.18. The zero-order chi connectivity index (χ0) is 18.6. The van der Waals surface area contributed by atoms with Crippen LogP contribution < -0.4 is 5.32 Å². The third-order valence-corrected chi connectivity index (χ3v) is 5.32. The molecule has 4 rings (SSSR count). The number of hydrogen-bond donors (Lipinski definition) is 2. The van der Waals surface area contributed by atoms with Crippen LogP contribution in [0.25, 0.3) is 22.3 Å². The van der Waals surface area contributed by atoms with Gasteiger partial charge >= 0.3 is 0 Å². The third-order valence-electron chi connectivity index (χ3n) is 5.32. The molecule has 2 heterocycles. The van der Waals surface area contributed by atoms with E-state index in [0.717, 1.165) is 67.4 Å². The number of fused-ring (bicyclic) bond motifs is 1. The highest BCUT2D eigenvalue weighted by Crippen LogP contribution is 2.34. The molecule has 0 aliphatic heterocycles. The molecule has 0 unspecified atom stereocenters.